The molecule has 1 aromatic carbocycles. The minimum absolute atomic E-state index is 0.170. The fraction of sp³-hybridized carbons (Fsp3) is 0.462. The summed E-state index contributed by atoms with van der Waals surface area (Å²) in [6.45, 7) is 2.07. The minimum Gasteiger partial charge on any atom is -0.322 e. The highest BCUT2D eigenvalue weighted by atomic mass is 19.1. The zero-order valence-electron chi connectivity index (χ0n) is 10.4. The first-order valence-electron chi connectivity index (χ1n) is 6.13. The smallest absolute Gasteiger partial charge is 0.238 e. The van der Waals surface area contributed by atoms with Gasteiger partial charge in [0.1, 0.15) is 5.82 Å². The van der Waals surface area contributed by atoms with Crippen LogP contribution in [0.4, 0.5) is 10.1 Å². The number of nitrogens with one attached hydrogen (secondary N) is 2. The Morgan fingerprint density at radius 1 is 1.50 bits per heavy atom. The second kappa shape index (κ2) is 5.93. The molecular formula is C13H18FN3O. The summed E-state index contributed by atoms with van der Waals surface area (Å²) >= 11 is 0. The maximum Gasteiger partial charge on any atom is 0.238 e. The first-order chi connectivity index (χ1) is 8.69. The van der Waals surface area contributed by atoms with E-state index in [4.69, 9.17) is 0 Å². The lowest BCUT2D eigenvalue weighted by atomic mass is 10.3. The van der Waals surface area contributed by atoms with E-state index in [9.17, 15) is 9.18 Å². The van der Waals surface area contributed by atoms with E-state index in [-0.39, 0.29) is 11.6 Å². The number of halogens is 1. The molecule has 0 aliphatic carbocycles. The number of benzene rings is 1. The number of amides is 1. The molecule has 1 saturated heterocycles. The lowest BCUT2D eigenvalue weighted by Gasteiger charge is -2.15. The minimum atomic E-state index is -0.402. The molecule has 1 fully saturated rings. The Morgan fingerprint density at radius 3 is 2.94 bits per heavy atom. The molecule has 1 amide bonds. The summed E-state index contributed by atoms with van der Waals surface area (Å²) in [6.07, 6.45) is 1.05. The fourth-order valence-electron chi connectivity index (χ4n) is 2.17. The molecule has 4 nitrogen and oxygen atoms in total. The van der Waals surface area contributed by atoms with Crippen LogP contribution >= 0.6 is 0 Å². The molecule has 2 rings (SSSR count). The average molecular weight is 251 g/mol. The van der Waals surface area contributed by atoms with Gasteiger partial charge in [-0.15, -0.1) is 0 Å². The van der Waals surface area contributed by atoms with Crippen LogP contribution in [0, 0.1) is 5.82 Å². The molecule has 1 aliphatic rings. The number of likely N-dealkylation sites (tertiary alicyclic amines) is 1. The number of rotatable bonds is 4. The Hall–Kier alpha value is -1.46. The van der Waals surface area contributed by atoms with Crippen molar-refractivity contribution in [3.63, 3.8) is 0 Å². The maximum absolute atomic E-state index is 13.3. The maximum atomic E-state index is 13.3. The molecule has 5 heteroatoms. The van der Waals surface area contributed by atoms with Crippen molar-refractivity contribution in [3.8, 4) is 0 Å². The van der Waals surface area contributed by atoms with E-state index < -0.39 is 5.82 Å². The van der Waals surface area contributed by atoms with Crippen LogP contribution in [0.2, 0.25) is 0 Å². The second-order valence-electron chi connectivity index (χ2n) is 4.54. The number of likely N-dealkylation sites (N-methyl/N-ethyl adjacent to an activating group) is 1. The number of anilines is 1. The highest BCUT2D eigenvalue weighted by Gasteiger charge is 2.22. The first-order valence-corrected chi connectivity index (χ1v) is 6.13. The standard InChI is InChI=1S/C13H18FN3O/c1-15-10-6-7-17(8-10)9-13(18)16-12-5-3-2-4-11(12)14/h2-5,10,15H,6-9H2,1H3,(H,16,18). The zero-order chi connectivity index (χ0) is 13.0. The van der Waals surface area contributed by atoms with E-state index in [1.807, 2.05) is 7.05 Å². The van der Waals surface area contributed by atoms with E-state index in [1.54, 1.807) is 18.2 Å². The topological polar surface area (TPSA) is 44.4 Å². The van der Waals surface area contributed by atoms with Gasteiger partial charge in [-0.05, 0) is 25.6 Å². The molecule has 18 heavy (non-hydrogen) atoms. The third-order valence-corrected chi connectivity index (χ3v) is 3.20. The van der Waals surface area contributed by atoms with Gasteiger partial charge in [-0.3, -0.25) is 9.69 Å². The van der Waals surface area contributed by atoms with E-state index in [0.717, 1.165) is 19.5 Å². The quantitative estimate of drug-likeness (QED) is 0.841. The molecule has 1 aromatic rings. The van der Waals surface area contributed by atoms with Gasteiger partial charge in [-0.2, -0.15) is 0 Å². The summed E-state index contributed by atoms with van der Waals surface area (Å²) in [5, 5.41) is 5.79. The Morgan fingerprint density at radius 2 is 2.28 bits per heavy atom. The summed E-state index contributed by atoms with van der Waals surface area (Å²) in [7, 11) is 1.92. The number of carbonyl (C=O) groups excluding carboxylic acids is 1. The van der Waals surface area contributed by atoms with Gasteiger partial charge in [0.25, 0.3) is 0 Å². The predicted octanol–water partition coefficient (Wildman–Crippen LogP) is 1.06. The predicted molar refractivity (Wildman–Crippen MR) is 68.9 cm³/mol. The average Bonchev–Trinajstić information content (AvgIpc) is 2.80. The molecular weight excluding hydrogens is 233 g/mol. The molecule has 1 unspecified atom stereocenters. The Balaban J connectivity index is 1.84. The Labute approximate surface area is 106 Å². The molecule has 0 radical (unpaired) electrons. The highest BCUT2D eigenvalue weighted by Crippen LogP contribution is 2.13. The SMILES string of the molecule is CNC1CCN(CC(=O)Nc2ccccc2F)C1. The summed E-state index contributed by atoms with van der Waals surface area (Å²) in [6, 6.07) is 6.65. The fourth-order valence-corrected chi connectivity index (χ4v) is 2.17. The lowest BCUT2D eigenvalue weighted by Crippen LogP contribution is -2.34. The number of carbonyl (C=O) groups is 1. The van der Waals surface area contributed by atoms with E-state index in [2.05, 4.69) is 15.5 Å². The van der Waals surface area contributed by atoms with Crippen LogP contribution in [-0.4, -0.2) is 43.5 Å². The van der Waals surface area contributed by atoms with E-state index in [0.29, 0.717) is 12.6 Å². The molecule has 0 bridgehead atoms. The van der Waals surface area contributed by atoms with Crippen molar-refractivity contribution in [3.05, 3.63) is 30.1 Å². The van der Waals surface area contributed by atoms with Crippen LogP contribution in [0.1, 0.15) is 6.42 Å². The molecule has 1 aliphatic heterocycles. The van der Waals surface area contributed by atoms with Gasteiger partial charge in [0.15, 0.2) is 0 Å². The van der Waals surface area contributed by atoms with Crippen molar-refractivity contribution in [1.29, 1.82) is 0 Å². The normalized spacial score (nSPS) is 20.0. The van der Waals surface area contributed by atoms with Gasteiger partial charge in [-0.25, -0.2) is 4.39 Å². The van der Waals surface area contributed by atoms with Gasteiger partial charge in [0.05, 0.1) is 12.2 Å². The van der Waals surface area contributed by atoms with Crippen LogP contribution in [0.15, 0.2) is 24.3 Å². The third kappa shape index (κ3) is 3.27. The second-order valence-corrected chi connectivity index (χ2v) is 4.54. The first kappa shape index (κ1) is 13.0. The molecule has 0 spiro atoms. The lowest BCUT2D eigenvalue weighted by molar-refractivity contribution is -0.117. The largest absolute Gasteiger partial charge is 0.322 e. The molecule has 98 valence electrons. The van der Waals surface area contributed by atoms with E-state index in [1.165, 1.54) is 6.07 Å². The van der Waals surface area contributed by atoms with Crippen LogP contribution in [0.25, 0.3) is 0 Å². The highest BCUT2D eigenvalue weighted by molar-refractivity contribution is 5.92. The van der Waals surface area contributed by atoms with Crippen molar-refractivity contribution >= 4 is 11.6 Å². The van der Waals surface area contributed by atoms with Crippen molar-refractivity contribution in [2.45, 2.75) is 12.5 Å². The van der Waals surface area contributed by atoms with E-state index >= 15 is 0 Å². The van der Waals surface area contributed by atoms with Crippen LogP contribution in [0.5, 0.6) is 0 Å². The summed E-state index contributed by atoms with van der Waals surface area (Å²) < 4.78 is 13.3. The van der Waals surface area contributed by atoms with Crippen LogP contribution in [-0.2, 0) is 4.79 Å². The van der Waals surface area contributed by atoms with Crippen molar-refractivity contribution in [2.24, 2.45) is 0 Å². The monoisotopic (exact) mass is 251 g/mol. The molecule has 2 N–H and O–H groups in total. The van der Waals surface area contributed by atoms with Crippen molar-refractivity contribution < 1.29 is 9.18 Å². The summed E-state index contributed by atoms with van der Waals surface area (Å²) in [5.41, 5.74) is 0.242. The summed E-state index contributed by atoms with van der Waals surface area (Å²) in [5.74, 6) is -0.572. The molecule has 0 aromatic heterocycles. The number of para-hydroxylation sites is 1. The number of hydrogen-bond acceptors (Lipinski definition) is 3. The Kier molecular flexibility index (Phi) is 4.28. The zero-order valence-corrected chi connectivity index (χ0v) is 10.4. The third-order valence-electron chi connectivity index (χ3n) is 3.20. The molecule has 0 saturated carbocycles. The number of nitrogens with zero attached hydrogens (tertiary/aromatic N) is 1. The van der Waals surface area contributed by atoms with Gasteiger partial charge >= 0.3 is 0 Å². The molecule has 1 heterocycles. The van der Waals surface area contributed by atoms with Crippen molar-refractivity contribution in [1.82, 2.24) is 10.2 Å². The van der Waals surface area contributed by atoms with Crippen LogP contribution in [0.3, 0.4) is 0 Å². The Bertz CT molecular complexity index is 424. The van der Waals surface area contributed by atoms with Gasteiger partial charge in [0, 0.05) is 19.1 Å². The molecule has 1 atom stereocenters. The van der Waals surface area contributed by atoms with Gasteiger partial charge < -0.3 is 10.6 Å². The number of hydrogen-bond donors (Lipinski definition) is 2. The summed E-state index contributed by atoms with van der Waals surface area (Å²) in [4.78, 5) is 13.8. The van der Waals surface area contributed by atoms with Gasteiger partial charge in [-0.1, -0.05) is 12.1 Å². The van der Waals surface area contributed by atoms with Gasteiger partial charge in [0.2, 0.25) is 5.91 Å². The van der Waals surface area contributed by atoms with Crippen molar-refractivity contribution in [2.75, 3.05) is 32.0 Å². The van der Waals surface area contributed by atoms with Crippen LogP contribution < -0.4 is 10.6 Å².